The van der Waals surface area contributed by atoms with Gasteiger partial charge >= 0.3 is 0 Å². The summed E-state index contributed by atoms with van der Waals surface area (Å²) in [5, 5.41) is 0. The van der Waals surface area contributed by atoms with Gasteiger partial charge in [0.1, 0.15) is 5.82 Å². The highest BCUT2D eigenvalue weighted by Crippen LogP contribution is 2.30. The number of hydrogen-bond donors (Lipinski definition) is 1. The number of anilines is 1. The maximum atomic E-state index is 13.1. The van der Waals surface area contributed by atoms with Crippen LogP contribution >= 0.6 is 0 Å². The molecule has 1 aliphatic heterocycles. The van der Waals surface area contributed by atoms with Crippen molar-refractivity contribution >= 4 is 5.95 Å². The molecule has 30 heavy (non-hydrogen) atoms. The van der Waals surface area contributed by atoms with Crippen molar-refractivity contribution in [3.8, 4) is 22.6 Å². The lowest BCUT2D eigenvalue weighted by Gasteiger charge is -2.16. The molecule has 0 atom stereocenters. The molecular formula is C21H24F3N5O. The van der Waals surface area contributed by atoms with Crippen molar-refractivity contribution in [2.45, 2.75) is 32.7 Å². The Labute approximate surface area is 172 Å². The van der Waals surface area contributed by atoms with E-state index in [0.29, 0.717) is 22.6 Å². The van der Waals surface area contributed by atoms with E-state index in [0.717, 1.165) is 19.1 Å². The van der Waals surface area contributed by atoms with E-state index in [1.165, 1.54) is 54.2 Å². The molecule has 6 nitrogen and oxygen atoms in total. The van der Waals surface area contributed by atoms with Gasteiger partial charge in [-0.25, -0.2) is 28.1 Å². The molecule has 9 heteroatoms. The zero-order valence-electron chi connectivity index (χ0n) is 16.6. The van der Waals surface area contributed by atoms with Gasteiger partial charge in [-0.15, -0.1) is 0 Å². The molecule has 1 fully saturated rings. The number of alkyl halides is 2. The van der Waals surface area contributed by atoms with E-state index in [2.05, 4.69) is 21.9 Å². The second-order valence-corrected chi connectivity index (χ2v) is 7.09. The maximum Gasteiger partial charge on any atom is 0.256 e. The highest BCUT2D eigenvalue weighted by Gasteiger charge is 2.19. The number of ether oxygens (including phenoxy) is 1. The van der Waals surface area contributed by atoms with Gasteiger partial charge in [-0.2, -0.15) is 0 Å². The number of aromatic nitrogens is 4. The summed E-state index contributed by atoms with van der Waals surface area (Å²) in [6.45, 7) is 3.72. The third-order valence-corrected chi connectivity index (χ3v) is 4.72. The summed E-state index contributed by atoms with van der Waals surface area (Å²) in [6.07, 6.45) is 2.72. The Kier molecular flexibility index (Phi) is 7.40. The van der Waals surface area contributed by atoms with Crippen molar-refractivity contribution in [3.63, 3.8) is 0 Å². The monoisotopic (exact) mass is 419 g/mol. The molecular weight excluding hydrogens is 395 g/mol. The minimum atomic E-state index is -2.55. The Morgan fingerprint density at radius 3 is 2.40 bits per heavy atom. The van der Waals surface area contributed by atoms with Crippen molar-refractivity contribution in [2.24, 2.45) is 5.92 Å². The summed E-state index contributed by atoms with van der Waals surface area (Å²) in [7, 11) is 0. The van der Waals surface area contributed by atoms with Crippen LogP contribution in [-0.4, -0.2) is 39.2 Å². The predicted octanol–water partition coefficient (Wildman–Crippen LogP) is 4.43. The molecule has 2 aromatic heterocycles. The van der Waals surface area contributed by atoms with Crippen LogP contribution in [-0.2, 0) is 11.3 Å². The average Bonchev–Trinajstić information content (AvgIpc) is 3.12. The van der Waals surface area contributed by atoms with E-state index in [-0.39, 0.29) is 5.95 Å². The van der Waals surface area contributed by atoms with Gasteiger partial charge in [0.2, 0.25) is 5.95 Å². The van der Waals surface area contributed by atoms with Crippen LogP contribution in [0.25, 0.3) is 22.6 Å². The van der Waals surface area contributed by atoms with E-state index < -0.39 is 18.8 Å². The van der Waals surface area contributed by atoms with E-state index in [4.69, 9.17) is 10.5 Å². The zero-order valence-corrected chi connectivity index (χ0v) is 16.6. The van der Waals surface area contributed by atoms with Gasteiger partial charge in [0.15, 0.2) is 0 Å². The number of hydrogen-bond acceptors (Lipinski definition) is 5. The highest BCUT2D eigenvalue weighted by molar-refractivity contribution is 5.77. The van der Waals surface area contributed by atoms with Crippen LogP contribution in [0.2, 0.25) is 0 Å². The quantitative estimate of drug-likeness (QED) is 0.677. The summed E-state index contributed by atoms with van der Waals surface area (Å²) in [5.41, 5.74) is 7.34. The second kappa shape index (κ2) is 10.2. The predicted molar refractivity (Wildman–Crippen MR) is 108 cm³/mol. The third kappa shape index (κ3) is 5.79. The molecule has 0 radical (unpaired) electrons. The molecule has 3 heterocycles. The van der Waals surface area contributed by atoms with Crippen molar-refractivity contribution in [3.05, 3.63) is 48.7 Å². The number of nitrogens with two attached hydrogens (primary N) is 1. The number of nitrogens with zero attached hydrogens (tertiary/aromatic N) is 4. The van der Waals surface area contributed by atoms with Gasteiger partial charge in [-0.3, -0.25) is 0 Å². The summed E-state index contributed by atoms with van der Waals surface area (Å²) < 4.78 is 45.1. The van der Waals surface area contributed by atoms with Gasteiger partial charge in [-0.05, 0) is 49.1 Å². The highest BCUT2D eigenvalue weighted by atomic mass is 19.3. The van der Waals surface area contributed by atoms with Crippen molar-refractivity contribution in [2.75, 3.05) is 18.9 Å². The molecule has 4 rings (SSSR count). The van der Waals surface area contributed by atoms with Gasteiger partial charge in [-0.1, -0.05) is 6.92 Å². The zero-order chi connectivity index (χ0) is 21.5. The van der Waals surface area contributed by atoms with E-state index in [9.17, 15) is 13.2 Å². The maximum absolute atomic E-state index is 13.1. The Balaban J connectivity index is 0.000000310. The summed E-state index contributed by atoms with van der Waals surface area (Å²) in [6, 6.07) is 7.17. The SMILES string of the molecule is CC1CCOCC1.Nc1nccc(-c2c(-c3ccc(F)cc3)ncn2CC(F)F)n1. The number of rotatable bonds is 4. The molecule has 2 N–H and O–H groups in total. The molecule has 0 spiro atoms. The lowest BCUT2D eigenvalue weighted by molar-refractivity contribution is 0.0716. The molecule has 0 bridgehead atoms. The van der Waals surface area contributed by atoms with E-state index in [1.54, 1.807) is 6.07 Å². The third-order valence-electron chi connectivity index (χ3n) is 4.72. The van der Waals surface area contributed by atoms with Crippen LogP contribution in [0.3, 0.4) is 0 Å². The first kappa shape index (κ1) is 21.8. The number of benzene rings is 1. The fourth-order valence-electron chi connectivity index (χ4n) is 3.08. The fraction of sp³-hybridized carbons (Fsp3) is 0.381. The first-order valence-corrected chi connectivity index (χ1v) is 9.70. The largest absolute Gasteiger partial charge is 0.381 e. The lowest BCUT2D eigenvalue weighted by Crippen LogP contribution is -2.12. The molecule has 0 aliphatic carbocycles. The van der Waals surface area contributed by atoms with Crippen LogP contribution in [0.5, 0.6) is 0 Å². The standard InChI is InChI=1S/C15H12F3N5.C6H12O/c16-10-3-1-9(2-4-10)13-14(11-5-6-20-15(19)22-11)23(8-21-13)7-12(17)18;1-6-2-4-7-5-3-6/h1-6,8,12H,7H2,(H2,19,20,22);6H,2-5H2,1H3. The van der Waals surface area contributed by atoms with E-state index in [1.807, 2.05) is 0 Å². The Morgan fingerprint density at radius 2 is 1.83 bits per heavy atom. The average molecular weight is 419 g/mol. The molecule has 160 valence electrons. The number of halogens is 3. The first-order valence-electron chi connectivity index (χ1n) is 9.70. The van der Waals surface area contributed by atoms with Gasteiger partial charge in [0.05, 0.1) is 30.0 Å². The minimum absolute atomic E-state index is 0.0253. The fourth-order valence-corrected chi connectivity index (χ4v) is 3.08. The van der Waals surface area contributed by atoms with E-state index >= 15 is 0 Å². The number of nitrogen functional groups attached to an aromatic ring is 1. The summed E-state index contributed by atoms with van der Waals surface area (Å²) in [4.78, 5) is 12.0. The molecule has 0 amide bonds. The Morgan fingerprint density at radius 1 is 1.13 bits per heavy atom. The van der Waals surface area contributed by atoms with Gasteiger partial charge in [0, 0.05) is 25.0 Å². The summed E-state index contributed by atoms with van der Waals surface area (Å²) >= 11 is 0. The van der Waals surface area contributed by atoms with Crippen molar-refractivity contribution < 1.29 is 17.9 Å². The number of imidazole rings is 1. The Bertz CT molecular complexity index is 940. The van der Waals surface area contributed by atoms with Crippen molar-refractivity contribution in [1.82, 2.24) is 19.5 Å². The molecule has 1 saturated heterocycles. The first-order chi connectivity index (χ1) is 14.4. The smallest absolute Gasteiger partial charge is 0.256 e. The molecule has 3 aromatic rings. The summed E-state index contributed by atoms with van der Waals surface area (Å²) in [5.74, 6) is 0.541. The van der Waals surface area contributed by atoms with Crippen LogP contribution in [0.1, 0.15) is 19.8 Å². The molecule has 0 saturated carbocycles. The normalized spacial score (nSPS) is 14.4. The van der Waals surface area contributed by atoms with Crippen LogP contribution < -0.4 is 5.73 Å². The molecule has 1 aliphatic rings. The topological polar surface area (TPSA) is 78.9 Å². The van der Waals surface area contributed by atoms with Crippen LogP contribution in [0.15, 0.2) is 42.9 Å². The van der Waals surface area contributed by atoms with Gasteiger partial charge in [0.25, 0.3) is 6.43 Å². The van der Waals surface area contributed by atoms with Crippen molar-refractivity contribution in [1.29, 1.82) is 0 Å². The van der Waals surface area contributed by atoms with Crippen LogP contribution in [0.4, 0.5) is 19.1 Å². The van der Waals surface area contributed by atoms with Crippen LogP contribution in [0, 0.1) is 11.7 Å². The molecule has 1 aromatic carbocycles. The Hall–Kier alpha value is -2.94. The molecule has 0 unspecified atom stereocenters. The second-order valence-electron chi connectivity index (χ2n) is 7.09. The lowest BCUT2D eigenvalue weighted by atomic mass is 10.0. The van der Waals surface area contributed by atoms with Gasteiger partial charge < -0.3 is 15.0 Å². The minimum Gasteiger partial charge on any atom is -0.381 e.